The van der Waals surface area contributed by atoms with Crippen molar-refractivity contribution in [2.45, 2.75) is 51.1 Å². The van der Waals surface area contributed by atoms with Gasteiger partial charge in [0.2, 0.25) is 0 Å². The Balaban J connectivity index is 1.81. The zero-order valence-corrected chi connectivity index (χ0v) is 12.7. The molecule has 0 amide bonds. The Labute approximate surface area is 111 Å². The third kappa shape index (κ3) is 3.18. The first-order valence-corrected chi connectivity index (χ1v) is 8.08. The summed E-state index contributed by atoms with van der Waals surface area (Å²) in [5.41, 5.74) is 0.984. The molecule has 1 N–H and O–H groups in total. The molecule has 17 heavy (non-hydrogen) atoms. The fraction of sp³-hybridized carbons (Fsp3) is 1.00. The minimum Gasteiger partial charge on any atom is -0.311 e. The van der Waals surface area contributed by atoms with Gasteiger partial charge >= 0.3 is 0 Å². The van der Waals surface area contributed by atoms with Crippen LogP contribution in [0.2, 0.25) is 0 Å². The molecular formula is C14H28N2S. The Bertz CT molecular complexity index is 259. The molecule has 0 aromatic carbocycles. The lowest BCUT2D eigenvalue weighted by atomic mass is 9.75. The smallest absolute Gasteiger partial charge is 0.0328 e. The van der Waals surface area contributed by atoms with Crippen LogP contribution in [0.1, 0.15) is 39.5 Å². The second kappa shape index (κ2) is 5.10. The van der Waals surface area contributed by atoms with Gasteiger partial charge in [0.1, 0.15) is 0 Å². The summed E-state index contributed by atoms with van der Waals surface area (Å²) >= 11 is 2.12. The van der Waals surface area contributed by atoms with Gasteiger partial charge in [-0.05, 0) is 50.9 Å². The molecule has 100 valence electrons. The van der Waals surface area contributed by atoms with Crippen LogP contribution in [0, 0.1) is 5.41 Å². The summed E-state index contributed by atoms with van der Waals surface area (Å²) in [4.78, 5) is 2.44. The van der Waals surface area contributed by atoms with Gasteiger partial charge < -0.3 is 10.2 Å². The number of thioether (sulfide) groups is 1. The van der Waals surface area contributed by atoms with Crippen LogP contribution in [0.4, 0.5) is 0 Å². The molecule has 2 rings (SSSR count). The minimum atomic E-state index is 0.465. The first-order valence-electron chi connectivity index (χ1n) is 6.92. The van der Waals surface area contributed by atoms with E-state index in [0.29, 0.717) is 11.0 Å². The molecule has 2 fully saturated rings. The Kier molecular flexibility index (Phi) is 4.11. The first-order chi connectivity index (χ1) is 7.94. The Morgan fingerprint density at radius 1 is 1.29 bits per heavy atom. The van der Waals surface area contributed by atoms with E-state index in [1.807, 2.05) is 0 Å². The van der Waals surface area contributed by atoms with E-state index in [-0.39, 0.29) is 0 Å². The summed E-state index contributed by atoms with van der Waals surface area (Å²) in [6.07, 6.45) is 5.49. The summed E-state index contributed by atoms with van der Waals surface area (Å²) in [7, 11) is 4.47. The summed E-state index contributed by atoms with van der Waals surface area (Å²) in [5.74, 6) is 2.62. The Morgan fingerprint density at radius 2 is 2.00 bits per heavy atom. The van der Waals surface area contributed by atoms with Gasteiger partial charge in [-0.2, -0.15) is 11.8 Å². The standard InChI is InChI=1S/C14H28N2S/c1-13(2)8-12(9-17-11-13)15-10-14(16(3)4)6-5-7-14/h12,15H,5-11H2,1-4H3. The largest absolute Gasteiger partial charge is 0.311 e. The van der Waals surface area contributed by atoms with Crippen molar-refractivity contribution in [1.29, 1.82) is 0 Å². The van der Waals surface area contributed by atoms with Gasteiger partial charge in [0.25, 0.3) is 0 Å². The fourth-order valence-electron chi connectivity index (χ4n) is 3.09. The monoisotopic (exact) mass is 256 g/mol. The third-order valence-corrected chi connectivity index (χ3v) is 6.19. The zero-order chi connectivity index (χ0) is 12.5. The van der Waals surface area contributed by atoms with Crippen molar-refractivity contribution in [3.05, 3.63) is 0 Å². The Morgan fingerprint density at radius 3 is 2.47 bits per heavy atom. The number of hydrogen-bond acceptors (Lipinski definition) is 3. The molecule has 0 radical (unpaired) electrons. The quantitative estimate of drug-likeness (QED) is 0.832. The van der Waals surface area contributed by atoms with E-state index in [0.717, 1.165) is 6.04 Å². The Hall–Kier alpha value is 0.270. The van der Waals surface area contributed by atoms with Crippen LogP contribution in [-0.4, -0.2) is 48.6 Å². The molecule has 0 aromatic rings. The van der Waals surface area contributed by atoms with Gasteiger partial charge in [0.05, 0.1) is 0 Å². The third-order valence-electron chi connectivity index (χ3n) is 4.56. The molecule has 0 aromatic heterocycles. The SMILES string of the molecule is CN(C)C1(CNC2CSCC(C)(C)C2)CCC1. The average molecular weight is 256 g/mol. The molecule has 0 spiro atoms. The molecule has 1 heterocycles. The molecule has 2 aliphatic rings. The van der Waals surface area contributed by atoms with Crippen LogP contribution in [0.3, 0.4) is 0 Å². The molecular weight excluding hydrogens is 228 g/mol. The number of rotatable bonds is 4. The molecule has 1 aliphatic carbocycles. The van der Waals surface area contributed by atoms with Crippen molar-refractivity contribution in [3.8, 4) is 0 Å². The predicted octanol–water partition coefficient (Wildman–Crippen LogP) is 2.59. The highest BCUT2D eigenvalue weighted by Gasteiger charge is 2.39. The molecule has 1 atom stereocenters. The summed E-state index contributed by atoms with van der Waals surface area (Å²) in [5, 5.41) is 3.84. The number of hydrogen-bond donors (Lipinski definition) is 1. The highest BCUT2D eigenvalue weighted by molar-refractivity contribution is 7.99. The van der Waals surface area contributed by atoms with Crippen molar-refractivity contribution in [2.24, 2.45) is 5.41 Å². The van der Waals surface area contributed by atoms with E-state index in [9.17, 15) is 0 Å². The van der Waals surface area contributed by atoms with Crippen LogP contribution in [0.25, 0.3) is 0 Å². The van der Waals surface area contributed by atoms with Crippen molar-refractivity contribution in [3.63, 3.8) is 0 Å². The van der Waals surface area contributed by atoms with Crippen LogP contribution in [-0.2, 0) is 0 Å². The molecule has 1 saturated carbocycles. The maximum absolute atomic E-state index is 3.84. The van der Waals surface area contributed by atoms with Crippen molar-refractivity contribution >= 4 is 11.8 Å². The predicted molar refractivity (Wildman–Crippen MR) is 77.8 cm³/mol. The van der Waals surface area contributed by atoms with Crippen molar-refractivity contribution < 1.29 is 0 Å². The molecule has 1 unspecified atom stereocenters. The maximum atomic E-state index is 3.84. The van der Waals surface area contributed by atoms with Gasteiger partial charge in [-0.3, -0.25) is 0 Å². The number of likely N-dealkylation sites (N-methyl/N-ethyl adjacent to an activating group) is 1. The highest BCUT2D eigenvalue weighted by atomic mass is 32.2. The highest BCUT2D eigenvalue weighted by Crippen LogP contribution is 2.37. The van der Waals surface area contributed by atoms with E-state index in [1.165, 1.54) is 43.7 Å². The molecule has 2 nitrogen and oxygen atoms in total. The lowest BCUT2D eigenvalue weighted by molar-refractivity contribution is 0.0561. The average Bonchev–Trinajstić information content (AvgIpc) is 2.13. The van der Waals surface area contributed by atoms with Gasteiger partial charge in [0, 0.05) is 23.9 Å². The summed E-state index contributed by atoms with van der Waals surface area (Å²) in [6.45, 7) is 5.99. The van der Waals surface area contributed by atoms with Gasteiger partial charge in [-0.15, -0.1) is 0 Å². The second-order valence-corrected chi connectivity index (χ2v) is 7.96. The minimum absolute atomic E-state index is 0.465. The van der Waals surface area contributed by atoms with Crippen LogP contribution < -0.4 is 5.32 Å². The van der Waals surface area contributed by atoms with Crippen LogP contribution in [0.5, 0.6) is 0 Å². The van der Waals surface area contributed by atoms with Crippen molar-refractivity contribution in [2.75, 3.05) is 32.1 Å². The molecule has 0 bridgehead atoms. The molecule has 1 saturated heterocycles. The van der Waals surface area contributed by atoms with Crippen LogP contribution >= 0.6 is 11.8 Å². The maximum Gasteiger partial charge on any atom is 0.0328 e. The topological polar surface area (TPSA) is 15.3 Å². The summed E-state index contributed by atoms with van der Waals surface area (Å²) in [6, 6.07) is 0.723. The lowest BCUT2D eigenvalue weighted by Gasteiger charge is -2.49. The second-order valence-electron chi connectivity index (χ2n) is 6.93. The zero-order valence-electron chi connectivity index (χ0n) is 11.9. The fourth-order valence-corrected chi connectivity index (χ4v) is 4.40. The molecule has 3 heteroatoms. The van der Waals surface area contributed by atoms with Gasteiger partial charge in [-0.25, -0.2) is 0 Å². The van der Waals surface area contributed by atoms with Crippen molar-refractivity contribution in [1.82, 2.24) is 10.2 Å². The number of nitrogens with zero attached hydrogens (tertiary/aromatic N) is 1. The van der Waals surface area contributed by atoms with E-state index < -0.39 is 0 Å². The molecule has 1 aliphatic heterocycles. The van der Waals surface area contributed by atoms with Gasteiger partial charge in [-0.1, -0.05) is 13.8 Å². The first kappa shape index (κ1) is 13.7. The lowest BCUT2D eigenvalue weighted by Crippen LogP contribution is -2.58. The van der Waals surface area contributed by atoms with Crippen LogP contribution in [0.15, 0.2) is 0 Å². The van der Waals surface area contributed by atoms with E-state index in [4.69, 9.17) is 0 Å². The normalized spacial score (nSPS) is 31.2. The van der Waals surface area contributed by atoms with E-state index >= 15 is 0 Å². The number of nitrogens with one attached hydrogen (secondary N) is 1. The van der Waals surface area contributed by atoms with Gasteiger partial charge in [0.15, 0.2) is 0 Å². The van der Waals surface area contributed by atoms with E-state index in [2.05, 4.69) is 49.9 Å². The summed E-state index contributed by atoms with van der Waals surface area (Å²) < 4.78 is 0. The van der Waals surface area contributed by atoms with E-state index in [1.54, 1.807) is 0 Å².